The maximum atomic E-state index is 14.5. The summed E-state index contributed by atoms with van der Waals surface area (Å²) in [6.07, 6.45) is 19.0. The summed E-state index contributed by atoms with van der Waals surface area (Å²) in [4.78, 5) is 0. The fourth-order valence-electron chi connectivity index (χ4n) is 13.5. The lowest BCUT2D eigenvalue weighted by Crippen LogP contribution is -2.11. The number of rotatable bonds is 8. The minimum absolute atomic E-state index is 0.0397. The summed E-state index contributed by atoms with van der Waals surface area (Å²) in [5.74, 6) is 0.642. The van der Waals surface area contributed by atoms with Crippen molar-refractivity contribution in [2.75, 3.05) is 0 Å². The Kier molecular flexibility index (Phi) is 22.7. The van der Waals surface area contributed by atoms with Crippen LogP contribution in [0.1, 0.15) is 199 Å². The van der Waals surface area contributed by atoms with Gasteiger partial charge < -0.3 is 0 Å². The lowest BCUT2D eigenvalue weighted by molar-refractivity contribution is 0.346. The molecule has 4 saturated carbocycles. The summed E-state index contributed by atoms with van der Waals surface area (Å²) in [5.41, 5.74) is 9.83. The molecule has 0 heterocycles. The molecule has 4 fully saturated rings. The van der Waals surface area contributed by atoms with Gasteiger partial charge in [-0.1, -0.05) is 164 Å². The van der Waals surface area contributed by atoms with Crippen LogP contribution < -0.4 is 0 Å². The second kappa shape index (κ2) is 30.3. The SMILES string of the molecule is Cc1c(F)cc(-c2ccc(C3CCC(C)CC3)cc2)cc1F.Cc1c(F)cc(-c2ccc(C3CCC(C)CC3)cc2F)cc1F.Cc1ccc(-c2c(F)cc(C3CCC(C)CC3)cc2F)cc1F.Cc1ccc(-c2ccc(C3CCC(C)CC3)cc2)cc1F. The van der Waals surface area contributed by atoms with E-state index >= 15 is 0 Å². The molecule has 0 aliphatic heterocycles. The van der Waals surface area contributed by atoms with Crippen LogP contribution in [0.4, 0.5) is 39.5 Å². The normalized spacial score (nSPS) is 21.7. The van der Waals surface area contributed by atoms with Gasteiger partial charge in [-0.2, -0.15) is 0 Å². The van der Waals surface area contributed by atoms with Crippen molar-refractivity contribution in [1.29, 1.82) is 0 Å². The molecule has 12 rings (SSSR count). The molecule has 0 saturated heterocycles. The number of hydrogen-bond donors (Lipinski definition) is 0. The Labute approximate surface area is 523 Å². The van der Waals surface area contributed by atoms with Gasteiger partial charge in [-0.15, -0.1) is 0 Å². The summed E-state index contributed by atoms with van der Waals surface area (Å²) < 4.78 is 126. The van der Waals surface area contributed by atoms with E-state index < -0.39 is 46.5 Å². The smallest absolute Gasteiger partial charge is 0.134 e. The van der Waals surface area contributed by atoms with Crippen LogP contribution in [-0.2, 0) is 0 Å². The third-order valence-electron chi connectivity index (χ3n) is 20.0. The number of benzene rings is 8. The minimum Gasteiger partial charge on any atom is -0.207 e. The van der Waals surface area contributed by atoms with Crippen LogP contribution in [-0.4, -0.2) is 0 Å². The van der Waals surface area contributed by atoms with Crippen LogP contribution in [0.5, 0.6) is 0 Å². The summed E-state index contributed by atoms with van der Waals surface area (Å²) in [7, 11) is 0. The molecule has 0 spiro atoms. The Balaban J connectivity index is 0.000000141. The highest BCUT2D eigenvalue weighted by Gasteiger charge is 2.26. The van der Waals surface area contributed by atoms with Crippen molar-refractivity contribution >= 4 is 0 Å². The fraction of sp³-hybridized carbons (Fsp3) is 0.400. The van der Waals surface area contributed by atoms with E-state index in [9.17, 15) is 39.5 Å². The first kappa shape index (κ1) is 66.5. The van der Waals surface area contributed by atoms with Crippen LogP contribution >= 0.6 is 0 Å². The Hall–Kier alpha value is -6.87. The highest BCUT2D eigenvalue weighted by atomic mass is 19.2. The monoisotopic (exact) mass is 1220 g/mol. The maximum absolute atomic E-state index is 14.5. The molecule has 0 amide bonds. The fourth-order valence-corrected chi connectivity index (χ4v) is 13.5. The summed E-state index contributed by atoms with van der Waals surface area (Å²) in [6, 6.07) is 39.8. The van der Waals surface area contributed by atoms with E-state index in [0.717, 1.165) is 84.1 Å². The molecule has 4 aliphatic carbocycles. The van der Waals surface area contributed by atoms with Crippen LogP contribution in [0.15, 0.2) is 140 Å². The molecule has 470 valence electrons. The second-order valence-corrected chi connectivity index (χ2v) is 26.7. The molecule has 0 unspecified atom stereocenters. The number of halogens is 9. The first-order valence-electron chi connectivity index (χ1n) is 32.5. The number of aryl methyl sites for hydroxylation is 2. The average molecular weight is 1220 g/mol. The van der Waals surface area contributed by atoms with Crippen molar-refractivity contribution in [3.8, 4) is 44.5 Å². The molecule has 8 aromatic rings. The number of hydrogen-bond acceptors (Lipinski definition) is 0. The summed E-state index contributed by atoms with van der Waals surface area (Å²) >= 11 is 0. The molecular formula is C80H87F9. The van der Waals surface area contributed by atoms with E-state index in [4.69, 9.17) is 0 Å². The molecule has 8 aromatic carbocycles. The largest absolute Gasteiger partial charge is 0.207 e. The van der Waals surface area contributed by atoms with Crippen molar-refractivity contribution in [3.05, 3.63) is 236 Å². The molecule has 0 bridgehead atoms. The molecule has 0 N–H and O–H groups in total. The van der Waals surface area contributed by atoms with Crippen molar-refractivity contribution < 1.29 is 39.5 Å². The van der Waals surface area contributed by atoms with Gasteiger partial charge in [0.1, 0.15) is 52.4 Å². The molecule has 4 aliphatic rings. The molecule has 89 heavy (non-hydrogen) atoms. The predicted octanol–water partition coefficient (Wildman–Crippen LogP) is 25.1. The highest BCUT2D eigenvalue weighted by molar-refractivity contribution is 5.68. The zero-order valence-electron chi connectivity index (χ0n) is 53.1. The van der Waals surface area contributed by atoms with Gasteiger partial charge in [-0.25, -0.2) is 39.5 Å². The van der Waals surface area contributed by atoms with Crippen LogP contribution in [0, 0.1) is 104 Å². The van der Waals surface area contributed by atoms with Crippen molar-refractivity contribution in [3.63, 3.8) is 0 Å². The first-order valence-corrected chi connectivity index (χ1v) is 32.5. The topological polar surface area (TPSA) is 0 Å². The maximum Gasteiger partial charge on any atom is 0.134 e. The van der Waals surface area contributed by atoms with Gasteiger partial charge in [0.15, 0.2) is 0 Å². The Morgan fingerprint density at radius 3 is 0.910 bits per heavy atom. The first-order chi connectivity index (χ1) is 42.6. The lowest BCUT2D eigenvalue weighted by atomic mass is 9.79. The van der Waals surface area contributed by atoms with Crippen molar-refractivity contribution in [1.82, 2.24) is 0 Å². The summed E-state index contributed by atoms with van der Waals surface area (Å²) in [5, 5.41) is 0. The zero-order valence-corrected chi connectivity index (χ0v) is 53.1. The van der Waals surface area contributed by atoms with Crippen LogP contribution in [0.3, 0.4) is 0 Å². The average Bonchev–Trinajstić information content (AvgIpc) is 2.29. The van der Waals surface area contributed by atoms with E-state index in [0.29, 0.717) is 40.4 Å². The molecular weight excluding hydrogens is 1130 g/mol. The van der Waals surface area contributed by atoms with Gasteiger partial charge in [0, 0.05) is 16.7 Å². The quantitative estimate of drug-likeness (QED) is 0.133. The second-order valence-electron chi connectivity index (χ2n) is 26.7. The van der Waals surface area contributed by atoms with Gasteiger partial charge in [-0.05, 0) is 248 Å². The van der Waals surface area contributed by atoms with Crippen molar-refractivity contribution in [2.45, 2.75) is 182 Å². The zero-order chi connectivity index (χ0) is 63.6. The van der Waals surface area contributed by atoms with Gasteiger partial charge >= 0.3 is 0 Å². The summed E-state index contributed by atoms with van der Waals surface area (Å²) in [6.45, 7) is 15.4. The van der Waals surface area contributed by atoms with E-state index in [2.05, 4.69) is 64.1 Å². The third-order valence-corrected chi connectivity index (χ3v) is 20.0. The molecule has 9 heteroatoms. The van der Waals surface area contributed by atoms with Gasteiger partial charge in [0.05, 0.1) is 5.56 Å². The Morgan fingerprint density at radius 1 is 0.236 bits per heavy atom. The van der Waals surface area contributed by atoms with Gasteiger partial charge in [0.2, 0.25) is 0 Å². The standard InChI is InChI=1S/2C20H21F3.C20H22F2.C20H23F/c1-12-3-6-14(7-4-12)16-10-18(22)20(19(23)11-16)15-8-5-13(2)17(21)9-15;1-12-3-5-14(6-4-12)15-7-8-17(20(23)9-15)16-10-18(21)13(2)19(22)11-16;1-13-3-5-15(6-4-13)16-7-9-17(10-8-16)18-11-19(21)14(2)20(22)12-18;1-14-3-6-16(7-4-14)17-9-11-18(12-10-17)19-8-5-15(2)20(21)13-19/h5,8-12,14H,3-4,6-7H2,1-2H3;7-12,14H,3-6H2,1-2H3;7-13,15H,3-6H2,1-2H3;5,8-14,16H,3-4,6-7H2,1-2H3. The predicted molar refractivity (Wildman–Crippen MR) is 348 cm³/mol. The van der Waals surface area contributed by atoms with Gasteiger partial charge in [-0.3, -0.25) is 0 Å². The van der Waals surface area contributed by atoms with Gasteiger partial charge in [0.25, 0.3) is 0 Å². The Morgan fingerprint density at radius 2 is 0.528 bits per heavy atom. The molecule has 0 atom stereocenters. The third kappa shape index (κ3) is 17.1. The lowest BCUT2D eigenvalue weighted by Gasteiger charge is -2.26. The Bertz CT molecular complexity index is 3580. The van der Waals surface area contributed by atoms with E-state index in [1.807, 2.05) is 30.3 Å². The van der Waals surface area contributed by atoms with Crippen molar-refractivity contribution in [2.24, 2.45) is 23.7 Å². The van der Waals surface area contributed by atoms with E-state index in [1.54, 1.807) is 38.1 Å². The highest BCUT2D eigenvalue weighted by Crippen LogP contribution is 2.42. The van der Waals surface area contributed by atoms with E-state index in [1.165, 1.54) is 138 Å². The van der Waals surface area contributed by atoms with E-state index in [-0.39, 0.29) is 45.1 Å². The molecule has 0 nitrogen and oxygen atoms in total. The molecule has 0 radical (unpaired) electrons. The van der Waals surface area contributed by atoms with Crippen LogP contribution in [0.25, 0.3) is 44.5 Å². The van der Waals surface area contributed by atoms with Crippen LogP contribution in [0.2, 0.25) is 0 Å². The molecule has 0 aromatic heterocycles. The minimum atomic E-state index is -0.648.